The number of aliphatic carboxylic acids is 3. The van der Waals surface area contributed by atoms with Crippen LogP contribution >= 0.6 is 0 Å². The summed E-state index contributed by atoms with van der Waals surface area (Å²) in [7, 11) is 5.49. The van der Waals surface area contributed by atoms with Gasteiger partial charge in [0.05, 0.1) is 58.0 Å². The maximum atomic E-state index is 10.9. The zero-order valence-corrected chi connectivity index (χ0v) is 19.6. The van der Waals surface area contributed by atoms with Gasteiger partial charge in [-0.2, -0.15) is 0 Å². The van der Waals surface area contributed by atoms with Crippen LogP contribution in [-0.4, -0.2) is 95.7 Å². The van der Waals surface area contributed by atoms with Gasteiger partial charge in [0.25, 0.3) is 0 Å². The number of carbonyl (C=O) groups is 3. The highest BCUT2D eigenvalue weighted by Crippen LogP contribution is 2.08. The topological polar surface area (TPSA) is 227 Å². The number of carboxylic acid groups (broad SMARTS) is 3. The standard InChI is InChI=1S/C9H15N3O2.C6H9N3O2.C6H6N2O2/c1-12(2,3)8(9(13)14)4-7-5-10-6-11-7;7-5(6(10)11)1-4-2-8-3-9-4;9-6(10)2-1-5-3-7-4-8-5/h5-6,8H,4H2,1-3H3,(H-,10,11,13,14);2-3,5H,1,7H2,(H,8,9)(H,10,11);1-4H,(H,7,8)(H,9,10)/b;;2-1+. The van der Waals surface area contributed by atoms with E-state index in [2.05, 4.69) is 29.9 Å². The number of nitrogens with zero attached hydrogens (tertiary/aromatic N) is 4. The molecule has 3 rings (SSSR count). The number of hydrogen-bond acceptors (Lipinski definition) is 8. The molecule has 0 saturated heterocycles. The number of imidazole rings is 3. The second-order valence-electron chi connectivity index (χ2n) is 8.14. The van der Waals surface area contributed by atoms with Gasteiger partial charge in [0.15, 0.2) is 0 Å². The Hall–Kier alpha value is -4.30. The number of carbonyl (C=O) groups excluding carboxylic acids is 1. The molecule has 14 heteroatoms. The highest BCUT2D eigenvalue weighted by molar-refractivity contribution is 5.84. The third-order valence-corrected chi connectivity index (χ3v) is 4.41. The van der Waals surface area contributed by atoms with Crippen LogP contribution < -0.4 is 10.8 Å². The Bertz CT molecular complexity index is 1040. The van der Waals surface area contributed by atoms with Crippen molar-refractivity contribution in [3.8, 4) is 0 Å². The molecule has 2 unspecified atom stereocenters. The summed E-state index contributed by atoms with van der Waals surface area (Å²) in [6.07, 6.45) is 12.4. The van der Waals surface area contributed by atoms with Gasteiger partial charge in [-0.05, 0) is 6.08 Å². The molecule has 0 spiro atoms. The van der Waals surface area contributed by atoms with E-state index >= 15 is 0 Å². The van der Waals surface area contributed by atoms with Crippen molar-refractivity contribution in [1.82, 2.24) is 29.9 Å². The summed E-state index contributed by atoms with van der Waals surface area (Å²) < 4.78 is 0.335. The molecule has 14 nitrogen and oxygen atoms in total. The lowest BCUT2D eigenvalue weighted by Crippen LogP contribution is -2.55. The molecular formula is C21H30N8O6. The maximum absolute atomic E-state index is 10.9. The monoisotopic (exact) mass is 490 g/mol. The first-order valence-electron chi connectivity index (χ1n) is 10.2. The fourth-order valence-corrected chi connectivity index (χ4v) is 2.52. The average Bonchev–Trinajstić information content (AvgIpc) is 3.54. The second-order valence-corrected chi connectivity index (χ2v) is 8.14. The van der Waals surface area contributed by atoms with E-state index in [1.807, 2.05) is 21.1 Å². The van der Waals surface area contributed by atoms with Crippen molar-refractivity contribution in [3.05, 3.63) is 60.7 Å². The van der Waals surface area contributed by atoms with E-state index in [1.54, 1.807) is 18.6 Å². The molecule has 0 fully saturated rings. The van der Waals surface area contributed by atoms with Gasteiger partial charge in [0.2, 0.25) is 0 Å². The van der Waals surface area contributed by atoms with Gasteiger partial charge in [-0.15, -0.1) is 0 Å². The van der Waals surface area contributed by atoms with Crippen molar-refractivity contribution < 1.29 is 34.2 Å². The van der Waals surface area contributed by atoms with Gasteiger partial charge in [-0.3, -0.25) is 4.79 Å². The van der Waals surface area contributed by atoms with E-state index < -0.39 is 30.0 Å². The van der Waals surface area contributed by atoms with Crippen LogP contribution in [-0.2, 0) is 27.2 Å². The van der Waals surface area contributed by atoms with E-state index in [0.29, 0.717) is 16.6 Å². The zero-order chi connectivity index (χ0) is 26.4. The molecular weight excluding hydrogens is 460 g/mol. The summed E-state index contributed by atoms with van der Waals surface area (Å²) in [4.78, 5) is 50.8. The van der Waals surface area contributed by atoms with Crippen molar-refractivity contribution in [1.29, 1.82) is 0 Å². The van der Waals surface area contributed by atoms with E-state index in [9.17, 15) is 19.5 Å². The number of hydrogen-bond donors (Lipinski definition) is 6. The van der Waals surface area contributed by atoms with Crippen LogP contribution in [0.25, 0.3) is 6.08 Å². The van der Waals surface area contributed by atoms with E-state index in [1.165, 1.54) is 25.1 Å². The van der Waals surface area contributed by atoms with Crippen molar-refractivity contribution in [2.75, 3.05) is 21.1 Å². The number of carboxylic acids is 3. The zero-order valence-electron chi connectivity index (χ0n) is 19.6. The molecule has 0 saturated carbocycles. The number of H-pyrrole nitrogens is 3. The number of nitrogens with one attached hydrogen (secondary N) is 3. The normalized spacial score (nSPS) is 12.6. The number of aromatic nitrogens is 6. The Labute approximate surface area is 201 Å². The minimum absolute atomic E-state index is 0.287. The molecule has 3 aromatic heterocycles. The fraction of sp³-hybridized carbons (Fsp3) is 0.333. The van der Waals surface area contributed by atoms with Gasteiger partial charge in [-0.1, -0.05) is 0 Å². The van der Waals surface area contributed by atoms with Gasteiger partial charge in [-0.25, -0.2) is 19.7 Å². The van der Waals surface area contributed by atoms with Crippen LogP contribution in [0.3, 0.4) is 0 Å². The van der Waals surface area contributed by atoms with Gasteiger partial charge in [0.1, 0.15) is 12.1 Å². The maximum Gasteiger partial charge on any atom is 0.328 e. The van der Waals surface area contributed by atoms with Crippen LogP contribution in [0.1, 0.15) is 17.1 Å². The molecule has 7 N–H and O–H groups in total. The molecule has 0 aliphatic carbocycles. The van der Waals surface area contributed by atoms with Gasteiger partial charge in [0, 0.05) is 42.7 Å². The predicted molar refractivity (Wildman–Crippen MR) is 122 cm³/mol. The third-order valence-electron chi connectivity index (χ3n) is 4.41. The second kappa shape index (κ2) is 14.1. The number of quaternary nitrogens is 1. The Morgan fingerprint density at radius 1 is 0.971 bits per heavy atom. The van der Waals surface area contributed by atoms with Crippen molar-refractivity contribution >= 4 is 24.0 Å². The summed E-state index contributed by atoms with van der Waals surface area (Å²) in [5.41, 5.74) is 7.49. The minimum Gasteiger partial charge on any atom is -0.544 e. The molecule has 190 valence electrons. The molecule has 3 heterocycles. The first-order valence-corrected chi connectivity index (χ1v) is 10.2. The molecule has 0 aromatic carbocycles. The van der Waals surface area contributed by atoms with Crippen molar-refractivity contribution in [3.63, 3.8) is 0 Å². The number of aromatic amines is 3. The summed E-state index contributed by atoms with van der Waals surface area (Å²) >= 11 is 0. The fourth-order valence-electron chi connectivity index (χ4n) is 2.52. The summed E-state index contributed by atoms with van der Waals surface area (Å²) in [5.74, 6) is -3.00. The van der Waals surface area contributed by atoms with Crippen molar-refractivity contribution in [2.24, 2.45) is 5.73 Å². The van der Waals surface area contributed by atoms with Gasteiger partial charge < -0.3 is 45.3 Å². The number of rotatable bonds is 9. The smallest absolute Gasteiger partial charge is 0.328 e. The van der Waals surface area contributed by atoms with Crippen LogP contribution in [0.4, 0.5) is 0 Å². The van der Waals surface area contributed by atoms with Crippen LogP contribution in [0.15, 0.2) is 43.6 Å². The van der Waals surface area contributed by atoms with Gasteiger partial charge >= 0.3 is 11.9 Å². The molecule has 0 bridgehead atoms. The molecule has 0 aliphatic rings. The lowest BCUT2D eigenvalue weighted by Gasteiger charge is -2.34. The third kappa shape index (κ3) is 11.9. The molecule has 2 atom stereocenters. The highest BCUT2D eigenvalue weighted by Gasteiger charge is 2.25. The highest BCUT2D eigenvalue weighted by atomic mass is 16.4. The molecule has 0 amide bonds. The van der Waals surface area contributed by atoms with E-state index in [4.69, 9.17) is 15.9 Å². The largest absolute Gasteiger partial charge is 0.544 e. The van der Waals surface area contributed by atoms with Crippen LogP contribution in [0.5, 0.6) is 0 Å². The van der Waals surface area contributed by atoms with Crippen LogP contribution in [0.2, 0.25) is 0 Å². The molecule has 3 aromatic rings. The quantitative estimate of drug-likeness (QED) is 0.153. The van der Waals surface area contributed by atoms with E-state index in [-0.39, 0.29) is 6.42 Å². The summed E-state index contributed by atoms with van der Waals surface area (Å²) in [6, 6.07) is -1.41. The first kappa shape index (κ1) is 28.7. The molecule has 35 heavy (non-hydrogen) atoms. The number of nitrogens with two attached hydrogens (primary N) is 1. The first-order chi connectivity index (χ1) is 16.4. The predicted octanol–water partition coefficient (Wildman–Crippen LogP) is -1.35. The summed E-state index contributed by atoms with van der Waals surface area (Å²) in [6.45, 7) is 0. The molecule has 0 aliphatic heterocycles. The average molecular weight is 491 g/mol. The number of likely N-dealkylation sites (N-methyl/N-ethyl adjacent to an activating group) is 1. The van der Waals surface area contributed by atoms with Crippen LogP contribution in [0, 0.1) is 0 Å². The summed E-state index contributed by atoms with van der Waals surface area (Å²) in [5, 5.41) is 27.5. The van der Waals surface area contributed by atoms with E-state index in [0.717, 1.165) is 17.5 Å². The van der Waals surface area contributed by atoms with Crippen molar-refractivity contribution in [2.45, 2.75) is 24.9 Å². The minimum atomic E-state index is -1.04. The Balaban J connectivity index is 0.000000267. The lowest BCUT2D eigenvalue weighted by molar-refractivity contribution is -0.889. The lowest BCUT2D eigenvalue weighted by atomic mass is 10.1. The Morgan fingerprint density at radius 2 is 1.49 bits per heavy atom. The Kier molecular flexibility index (Phi) is 11.5. The SMILES string of the molecule is C[N+](C)(C)C(Cc1cnc[nH]1)C(=O)[O-].NC(Cc1cnc[nH]1)C(=O)O.O=C(O)/C=C/c1cnc[nH]1. The Morgan fingerprint density at radius 3 is 1.86 bits per heavy atom. The molecule has 0 radical (unpaired) electrons.